The third kappa shape index (κ3) is 10.4. The van der Waals surface area contributed by atoms with E-state index in [2.05, 4.69) is 48.1 Å². The van der Waals surface area contributed by atoms with Gasteiger partial charge in [0, 0.05) is 0 Å². The first kappa shape index (κ1) is 25.7. The Kier molecular flexibility index (Phi) is 14.1. The lowest BCUT2D eigenvalue weighted by Crippen LogP contribution is -2.16. The lowest BCUT2D eigenvalue weighted by molar-refractivity contribution is -0.147. The van der Waals surface area contributed by atoms with Gasteiger partial charge in [0.2, 0.25) is 0 Å². The molecule has 0 saturated carbocycles. The summed E-state index contributed by atoms with van der Waals surface area (Å²) in [6.07, 6.45) is 22.4. The van der Waals surface area contributed by atoms with Crippen LogP contribution in [0.25, 0.3) is 0 Å². The molecule has 1 heterocycles. The molecule has 6 heteroatoms. The number of allylic oxidation sites excluding steroid dienone is 6. The number of ether oxygens (including phenoxy) is 2. The molecule has 30 heavy (non-hydrogen) atoms. The molecule has 0 saturated heterocycles. The summed E-state index contributed by atoms with van der Waals surface area (Å²) in [4.78, 5) is 23.4. The van der Waals surface area contributed by atoms with Gasteiger partial charge in [0.15, 0.2) is 17.4 Å². The summed E-state index contributed by atoms with van der Waals surface area (Å²) in [7, 11) is 0. The molecule has 6 nitrogen and oxygen atoms in total. The van der Waals surface area contributed by atoms with E-state index >= 15 is 0 Å². The maximum atomic E-state index is 11.9. The monoisotopic (exact) mass is 420 g/mol. The third-order valence-corrected chi connectivity index (χ3v) is 4.66. The Morgan fingerprint density at radius 2 is 1.57 bits per heavy atom. The highest BCUT2D eigenvalue weighted by molar-refractivity contribution is 6.16. The fourth-order valence-corrected chi connectivity index (χ4v) is 2.96. The van der Waals surface area contributed by atoms with E-state index in [0.717, 1.165) is 44.9 Å². The standard InChI is InChI=1S/C24H36O6/c1-2-3-4-5-6-7-8-9-10-11-12-13-14-15-16-17-18-29-23(27)21-22(26)20(19-25)30-24(21)28/h3-4,6-7,9-10,20,25-26H,2,5,8,11-19H2,1H3/b4-3+,7-6+,10-9+/t20-/m1/s1. The van der Waals surface area contributed by atoms with E-state index in [1.165, 1.54) is 12.8 Å². The van der Waals surface area contributed by atoms with E-state index < -0.39 is 36.0 Å². The molecule has 0 amide bonds. The molecule has 0 bridgehead atoms. The van der Waals surface area contributed by atoms with Crippen LogP contribution < -0.4 is 0 Å². The molecule has 1 aliphatic rings. The molecule has 168 valence electrons. The zero-order chi connectivity index (χ0) is 22.0. The summed E-state index contributed by atoms with van der Waals surface area (Å²) in [6.45, 7) is 1.76. The van der Waals surface area contributed by atoms with Crippen LogP contribution >= 0.6 is 0 Å². The van der Waals surface area contributed by atoms with Gasteiger partial charge in [-0.1, -0.05) is 69.1 Å². The molecule has 1 rings (SSSR count). The Labute approximate surface area is 180 Å². The molecule has 0 unspecified atom stereocenters. The predicted molar refractivity (Wildman–Crippen MR) is 117 cm³/mol. The van der Waals surface area contributed by atoms with Crippen molar-refractivity contribution in [3.63, 3.8) is 0 Å². The van der Waals surface area contributed by atoms with Crippen molar-refractivity contribution in [1.29, 1.82) is 0 Å². The maximum absolute atomic E-state index is 11.9. The molecule has 0 fully saturated rings. The van der Waals surface area contributed by atoms with Gasteiger partial charge in [-0.2, -0.15) is 0 Å². The number of hydrogen-bond donors (Lipinski definition) is 2. The molecule has 0 aromatic heterocycles. The minimum atomic E-state index is -1.17. The molecule has 0 aromatic carbocycles. The highest BCUT2D eigenvalue weighted by Crippen LogP contribution is 2.21. The lowest BCUT2D eigenvalue weighted by atomic mass is 10.1. The number of esters is 2. The highest BCUT2D eigenvalue weighted by Gasteiger charge is 2.39. The minimum Gasteiger partial charge on any atom is -0.507 e. The number of unbranched alkanes of at least 4 members (excludes halogenated alkanes) is 6. The normalized spacial score (nSPS) is 17.0. The predicted octanol–water partition coefficient (Wildman–Crippen LogP) is 4.85. The van der Waals surface area contributed by atoms with Crippen molar-refractivity contribution in [2.45, 2.75) is 77.2 Å². The quantitative estimate of drug-likeness (QED) is 0.160. The molecule has 2 N–H and O–H groups in total. The van der Waals surface area contributed by atoms with E-state index in [1.54, 1.807) is 0 Å². The van der Waals surface area contributed by atoms with Crippen LogP contribution in [0.4, 0.5) is 0 Å². The van der Waals surface area contributed by atoms with Crippen LogP contribution in [0, 0.1) is 0 Å². The van der Waals surface area contributed by atoms with Gasteiger partial charge in [-0.05, 0) is 38.5 Å². The number of carbonyl (C=O) groups excluding carboxylic acids is 2. The van der Waals surface area contributed by atoms with E-state index in [4.69, 9.17) is 9.84 Å². The van der Waals surface area contributed by atoms with Gasteiger partial charge in [-0.15, -0.1) is 0 Å². The highest BCUT2D eigenvalue weighted by atomic mass is 16.6. The van der Waals surface area contributed by atoms with Crippen LogP contribution in [0.3, 0.4) is 0 Å². The first-order chi connectivity index (χ1) is 14.6. The second kappa shape index (κ2) is 16.5. The average Bonchev–Trinajstić information content (AvgIpc) is 3.03. The van der Waals surface area contributed by atoms with Gasteiger partial charge in [0.1, 0.15) is 0 Å². The van der Waals surface area contributed by atoms with Gasteiger partial charge in [0.25, 0.3) is 0 Å². The fourth-order valence-electron chi connectivity index (χ4n) is 2.96. The number of carbonyl (C=O) groups is 2. The summed E-state index contributed by atoms with van der Waals surface area (Å²) in [5.74, 6) is -2.40. The van der Waals surface area contributed by atoms with Crippen molar-refractivity contribution < 1.29 is 29.3 Å². The summed E-state index contributed by atoms with van der Waals surface area (Å²) >= 11 is 0. The first-order valence-electron chi connectivity index (χ1n) is 11.0. The number of aliphatic hydroxyl groups is 2. The Hall–Kier alpha value is -2.34. The number of rotatable bonds is 16. The van der Waals surface area contributed by atoms with Crippen molar-refractivity contribution in [2.24, 2.45) is 0 Å². The number of hydrogen-bond acceptors (Lipinski definition) is 6. The van der Waals surface area contributed by atoms with Gasteiger partial charge >= 0.3 is 11.9 Å². The minimum absolute atomic E-state index is 0.192. The molecule has 0 spiro atoms. The fraction of sp³-hybridized carbons (Fsp3) is 0.583. The smallest absolute Gasteiger partial charge is 0.350 e. The molecule has 0 aliphatic carbocycles. The van der Waals surface area contributed by atoms with Crippen LogP contribution in [0.15, 0.2) is 47.8 Å². The van der Waals surface area contributed by atoms with E-state index in [-0.39, 0.29) is 6.61 Å². The van der Waals surface area contributed by atoms with Crippen LogP contribution in [0.1, 0.15) is 71.1 Å². The van der Waals surface area contributed by atoms with Gasteiger partial charge in [-0.3, -0.25) is 0 Å². The first-order valence-corrected chi connectivity index (χ1v) is 11.0. The maximum Gasteiger partial charge on any atom is 0.350 e. The SMILES string of the molecule is CC/C=C/C/C=C/C/C=C/CCCCCCCCOC(=O)C1=C(O)[C@@H](CO)OC1=O. The van der Waals surface area contributed by atoms with Crippen LogP contribution in [0.2, 0.25) is 0 Å². The largest absolute Gasteiger partial charge is 0.507 e. The van der Waals surface area contributed by atoms with Crippen molar-refractivity contribution in [3.05, 3.63) is 47.8 Å². The molecule has 1 aliphatic heterocycles. The van der Waals surface area contributed by atoms with Crippen molar-refractivity contribution in [1.82, 2.24) is 0 Å². The number of cyclic esters (lactones) is 1. The Bertz CT molecular complexity index is 630. The van der Waals surface area contributed by atoms with Gasteiger partial charge < -0.3 is 19.7 Å². The zero-order valence-electron chi connectivity index (χ0n) is 18.1. The second-order valence-corrected chi connectivity index (χ2v) is 7.18. The second-order valence-electron chi connectivity index (χ2n) is 7.18. The average molecular weight is 421 g/mol. The van der Waals surface area contributed by atoms with Gasteiger partial charge in [-0.25, -0.2) is 9.59 Å². The van der Waals surface area contributed by atoms with Crippen LogP contribution in [-0.4, -0.2) is 41.5 Å². The van der Waals surface area contributed by atoms with Crippen molar-refractivity contribution in [3.8, 4) is 0 Å². The Morgan fingerprint density at radius 1 is 0.967 bits per heavy atom. The van der Waals surface area contributed by atoms with Gasteiger partial charge in [0.05, 0.1) is 13.2 Å². The Morgan fingerprint density at radius 3 is 2.20 bits per heavy atom. The zero-order valence-corrected chi connectivity index (χ0v) is 18.1. The van der Waals surface area contributed by atoms with Crippen LogP contribution in [-0.2, 0) is 19.1 Å². The van der Waals surface area contributed by atoms with E-state index in [9.17, 15) is 14.7 Å². The Balaban J connectivity index is 1.97. The summed E-state index contributed by atoms with van der Waals surface area (Å²) < 4.78 is 9.69. The summed E-state index contributed by atoms with van der Waals surface area (Å²) in [6, 6.07) is 0. The summed E-state index contributed by atoms with van der Waals surface area (Å²) in [5.41, 5.74) is -0.508. The van der Waals surface area contributed by atoms with Crippen LogP contribution in [0.5, 0.6) is 0 Å². The molecule has 0 aromatic rings. The summed E-state index contributed by atoms with van der Waals surface area (Å²) in [5, 5.41) is 18.6. The van der Waals surface area contributed by atoms with E-state index in [1.807, 2.05) is 0 Å². The molecule has 0 radical (unpaired) electrons. The van der Waals surface area contributed by atoms with E-state index in [0.29, 0.717) is 6.42 Å². The molecular weight excluding hydrogens is 384 g/mol. The topological polar surface area (TPSA) is 93.1 Å². The van der Waals surface area contributed by atoms with Crippen molar-refractivity contribution in [2.75, 3.05) is 13.2 Å². The third-order valence-electron chi connectivity index (χ3n) is 4.66. The van der Waals surface area contributed by atoms with Crippen molar-refractivity contribution >= 4 is 11.9 Å². The lowest BCUT2D eigenvalue weighted by Gasteiger charge is -2.04. The molecule has 1 atom stereocenters. The number of aliphatic hydroxyl groups excluding tert-OH is 2. The molecular formula is C24H36O6.